The molecule has 0 radical (unpaired) electrons. The fourth-order valence-corrected chi connectivity index (χ4v) is 1.31. The highest BCUT2D eigenvalue weighted by atomic mass is 127. The maximum atomic E-state index is 11.0. The minimum Gasteiger partial charge on any atom is -0.479 e. The van der Waals surface area contributed by atoms with Crippen molar-refractivity contribution in [2.24, 2.45) is 0 Å². The SMILES string of the molecule is CCOC(=O)COc1cccnc1I. The smallest absolute Gasteiger partial charge is 0.344 e. The van der Waals surface area contributed by atoms with Gasteiger partial charge in [0.1, 0.15) is 3.70 Å². The van der Waals surface area contributed by atoms with E-state index in [-0.39, 0.29) is 12.6 Å². The summed E-state index contributed by atoms with van der Waals surface area (Å²) in [6, 6.07) is 3.51. The van der Waals surface area contributed by atoms with Gasteiger partial charge in [-0.2, -0.15) is 0 Å². The minimum absolute atomic E-state index is 0.0739. The van der Waals surface area contributed by atoms with Gasteiger partial charge in [-0.15, -0.1) is 0 Å². The molecule has 0 N–H and O–H groups in total. The highest BCUT2D eigenvalue weighted by molar-refractivity contribution is 14.1. The van der Waals surface area contributed by atoms with Crippen molar-refractivity contribution < 1.29 is 14.3 Å². The van der Waals surface area contributed by atoms with Crippen LogP contribution in [0, 0.1) is 3.70 Å². The fraction of sp³-hybridized carbons (Fsp3) is 0.333. The average molecular weight is 307 g/mol. The number of hydrogen-bond acceptors (Lipinski definition) is 4. The van der Waals surface area contributed by atoms with Crippen molar-refractivity contribution in [2.75, 3.05) is 13.2 Å². The maximum Gasteiger partial charge on any atom is 0.344 e. The van der Waals surface area contributed by atoms with Crippen LogP contribution in [-0.2, 0) is 9.53 Å². The second kappa shape index (κ2) is 5.79. The molecule has 0 aliphatic carbocycles. The molecule has 4 nitrogen and oxygen atoms in total. The molecular formula is C9H10INO3. The number of carbonyl (C=O) groups is 1. The number of esters is 1. The third-order valence-corrected chi connectivity index (χ3v) is 2.19. The van der Waals surface area contributed by atoms with E-state index in [1.54, 1.807) is 25.3 Å². The molecule has 1 heterocycles. The number of hydrogen-bond donors (Lipinski definition) is 0. The molecule has 0 amide bonds. The Labute approximate surface area is 95.8 Å². The van der Waals surface area contributed by atoms with Gasteiger partial charge in [0.05, 0.1) is 6.61 Å². The zero-order valence-corrected chi connectivity index (χ0v) is 9.85. The van der Waals surface area contributed by atoms with Crippen LogP contribution in [0.5, 0.6) is 5.75 Å². The number of rotatable bonds is 4. The first-order chi connectivity index (χ1) is 6.74. The molecule has 0 aliphatic heterocycles. The van der Waals surface area contributed by atoms with Crippen LogP contribution in [0.15, 0.2) is 18.3 Å². The van der Waals surface area contributed by atoms with Gasteiger partial charge in [-0.05, 0) is 41.6 Å². The topological polar surface area (TPSA) is 48.4 Å². The highest BCUT2D eigenvalue weighted by Crippen LogP contribution is 2.16. The lowest BCUT2D eigenvalue weighted by molar-refractivity contribution is -0.145. The zero-order chi connectivity index (χ0) is 10.4. The molecule has 0 aliphatic rings. The number of halogens is 1. The summed E-state index contributed by atoms with van der Waals surface area (Å²) in [5.74, 6) is 0.230. The van der Waals surface area contributed by atoms with Gasteiger partial charge < -0.3 is 9.47 Å². The van der Waals surface area contributed by atoms with Crippen LogP contribution in [0.2, 0.25) is 0 Å². The Kier molecular flexibility index (Phi) is 4.64. The molecule has 0 saturated heterocycles. The molecule has 0 unspecified atom stereocenters. The normalized spacial score (nSPS) is 9.57. The summed E-state index contributed by atoms with van der Waals surface area (Å²) in [7, 11) is 0. The van der Waals surface area contributed by atoms with Gasteiger partial charge in [0.2, 0.25) is 0 Å². The maximum absolute atomic E-state index is 11.0. The van der Waals surface area contributed by atoms with Crippen molar-refractivity contribution in [2.45, 2.75) is 6.92 Å². The summed E-state index contributed by atoms with van der Waals surface area (Å²) in [5, 5.41) is 0. The Hall–Kier alpha value is -0.850. The van der Waals surface area contributed by atoms with E-state index in [4.69, 9.17) is 9.47 Å². The van der Waals surface area contributed by atoms with Crippen LogP contribution >= 0.6 is 22.6 Å². The fourth-order valence-electron chi connectivity index (χ4n) is 0.818. The molecule has 0 atom stereocenters. The Balaban J connectivity index is 2.46. The lowest BCUT2D eigenvalue weighted by atomic mass is 10.5. The van der Waals surface area contributed by atoms with E-state index in [1.807, 2.05) is 22.6 Å². The molecule has 1 rings (SSSR count). The lowest BCUT2D eigenvalue weighted by Gasteiger charge is -2.06. The molecule has 0 saturated carbocycles. The third-order valence-electron chi connectivity index (χ3n) is 1.38. The van der Waals surface area contributed by atoms with E-state index in [9.17, 15) is 4.79 Å². The van der Waals surface area contributed by atoms with Crippen LogP contribution < -0.4 is 4.74 Å². The summed E-state index contributed by atoms with van der Waals surface area (Å²) in [4.78, 5) is 15.0. The number of pyridine rings is 1. The monoisotopic (exact) mass is 307 g/mol. The second-order valence-corrected chi connectivity index (χ2v) is 3.41. The second-order valence-electron chi connectivity index (χ2n) is 2.39. The molecule has 14 heavy (non-hydrogen) atoms. The number of ether oxygens (including phenoxy) is 2. The lowest BCUT2D eigenvalue weighted by Crippen LogP contribution is -2.15. The van der Waals surface area contributed by atoms with Gasteiger partial charge >= 0.3 is 5.97 Å². The third kappa shape index (κ3) is 3.49. The van der Waals surface area contributed by atoms with Crippen molar-refractivity contribution in [1.82, 2.24) is 4.98 Å². The molecule has 0 fully saturated rings. The zero-order valence-electron chi connectivity index (χ0n) is 7.70. The first-order valence-electron chi connectivity index (χ1n) is 4.13. The van der Waals surface area contributed by atoms with Gasteiger partial charge in [0.15, 0.2) is 12.4 Å². The van der Waals surface area contributed by atoms with E-state index >= 15 is 0 Å². The highest BCUT2D eigenvalue weighted by Gasteiger charge is 2.05. The van der Waals surface area contributed by atoms with Crippen LogP contribution in [0.25, 0.3) is 0 Å². The summed E-state index contributed by atoms with van der Waals surface area (Å²) in [6.45, 7) is 2.05. The Bertz CT molecular complexity index is 317. The minimum atomic E-state index is -0.368. The average Bonchev–Trinajstić information content (AvgIpc) is 2.17. The molecule has 1 aromatic rings. The van der Waals surface area contributed by atoms with E-state index in [0.717, 1.165) is 3.70 Å². The number of nitrogens with zero attached hydrogens (tertiary/aromatic N) is 1. The van der Waals surface area contributed by atoms with Crippen molar-refractivity contribution in [3.63, 3.8) is 0 Å². The van der Waals surface area contributed by atoms with Gasteiger partial charge in [-0.25, -0.2) is 9.78 Å². The van der Waals surface area contributed by atoms with Gasteiger partial charge in [0.25, 0.3) is 0 Å². The van der Waals surface area contributed by atoms with Gasteiger partial charge in [0, 0.05) is 6.20 Å². The van der Waals surface area contributed by atoms with Crippen LogP contribution in [0.3, 0.4) is 0 Å². The van der Waals surface area contributed by atoms with Crippen LogP contribution in [0.4, 0.5) is 0 Å². The molecule has 0 spiro atoms. The van der Waals surface area contributed by atoms with E-state index in [1.165, 1.54) is 0 Å². The Morgan fingerprint density at radius 2 is 2.43 bits per heavy atom. The predicted molar refractivity (Wildman–Crippen MR) is 59.1 cm³/mol. The number of carbonyl (C=O) groups excluding carboxylic acids is 1. The Morgan fingerprint density at radius 1 is 1.64 bits per heavy atom. The summed E-state index contributed by atoms with van der Waals surface area (Å²) >= 11 is 2.04. The van der Waals surface area contributed by atoms with E-state index in [2.05, 4.69) is 4.98 Å². The van der Waals surface area contributed by atoms with E-state index < -0.39 is 0 Å². The number of aromatic nitrogens is 1. The van der Waals surface area contributed by atoms with Crippen LogP contribution in [-0.4, -0.2) is 24.2 Å². The molecule has 76 valence electrons. The largest absolute Gasteiger partial charge is 0.479 e. The standard InChI is InChI=1S/C9H10INO3/c1-2-13-8(12)6-14-7-4-3-5-11-9(7)10/h3-5H,2,6H2,1H3. The Morgan fingerprint density at radius 3 is 3.07 bits per heavy atom. The van der Waals surface area contributed by atoms with Crippen molar-refractivity contribution in [3.8, 4) is 5.75 Å². The van der Waals surface area contributed by atoms with Crippen molar-refractivity contribution >= 4 is 28.6 Å². The first-order valence-corrected chi connectivity index (χ1v) is 5.21. The van der Waals surface area contributed by atoms with Crippen LogP contribution in [0.1, 0.15) is 6.92 Å². The molecule has 0 bridgehead atoms. The van der Waals surface area contributed by atoms with E-state index in [0.29, 0.717) is 12.4 Å². The molecular weight excluding hydrogens is 297 g/mol. The predicted octanol–water partition coefficient (Wildman–Crippen LogP) is 1.63. The van der Waals surface area contributed by atoms with Gasteiger partial charge in [-0.3, -0.25) is 0 Å². The van der Waals surface area contributed by atoms with Crippen molar-refractivity contribution in [1.29, 1.82) is 0 Å². The van der Waals surface area contributed by atoms with Crippen molar-refractivity contribution in [3.05, 3.63) is 22.0 Å². The molecule has 1 aromatic heterocycles. The quantitative estimate of drug-likeness (QED) is 0.482. The summed E-state index contributed by atoms with van der Waals surface area (Å²) < 4.78 is 10.7. The summed E-state index contributed by atoms with van der Waals surface area (Å²) in [6.07, 6.45) is 1.67. The molecule has 5 heteroatoms. The molecule has 0 aromatic carbocycles. The first kappa shape index (κ1) is 11.2. The van der Waals surface area contributed by atoms with Gasteiger partial charge in [-0.1, -0.05) is 0 Å². The summed E-state index contributed by atoms with van der Waals surface area (Å²) in [5.41, 5.74) is 0.